The average molecular weight is 366 g/mol. The number of aliphatic hydroxyl groups excluding tert-OH is 1. The molecule has 0 saturated heterocycles. The molecule has 4 rings (SSSR count). The molecule has 1 aromatic heterocycles. The number of nitrogens with one attached hydrogen (secondary N) is 1. The van der Waals surface area contributed by atoms with E-state index in [4.69, 9.17) is 9.47 Å². The molecule has 1 atom stereocenters. The van der Waals surface area contributed by atoms with E-state index in [0.29, 0.717) is 18.0 Å². The second-order valence-electron chi connectivity index (χ2n) is 6.09. The molecule has 0 fully saturated rings. The van der Waals surface area contributed by atoms with Crippen molar-refractivity contribution in [3.63, 3.8) is 0 Å². The topological polar surface area (TPSA) is 98.5 Å². The van der Waals surface area contributed by atoms with Crippen LogP contribution in [0.25, 0.3) is 0 Å². The van der Waals surface area contributed by atoms with E-state index in [1.165, 1.54) is 11.0 Å². The van der Waals surface area contributed by atoms with Crippen molar-refractivity contribution in [2.45, 2.75) is 19.2 Å². The highest BCUT2D eigenvalue weighted by molar-refractivity contribution is 5.90. The number of benzene rings is 2. The number of aromatic nitrogens is 3. The van der Waals surface area contributed by atoms with Gasteiger partial charge in [-0.3, -0.25) is 4.79 Å². The van der Waals surface area contributed by atoms with Crippen LogP contribution >= 0.6 is 0 Å². The summed E-state index contributed by atoms with van der Waals surface area (Å²) in [6.45, 7) is 0.741. The van der Waals surface area contributed by atoms with Crippen LogP contribution in [0.15, 0.2) is 54.9 Å². The molecule has 0 aliphatic carbocycles. The first-order chi connectivity index (χ1) is 13.2. The first-order valence-electron chi connectivity index (χ1n) is 8.48. The number of aliphatic hydroxyl groups is 1. The van der Waals surface area contributed by atoms with Crippen molar-refractivity contribution in [1.82, 2.24) is 20.1 Å². The van der Waals surface area contributed by atoms with Gasteiger partial charge < -0.3 is 19.9 Å². The van der Waals surface area contributed by atoms with Gasteiger partial charge in [0.25, 0.3) is 5.91 Å². The molecule has 0 bridgehead atoms. The summed E-state index contributed by atoms with van der Waals surface area (Å²) < 4.78 is 12.0. The molecule has 0 spiro atoms. The number of carbonyl (C=O) groups is 1. The van der Waals surface area contributed by atoms with Gasteiger partial charge in [-0.15, -0.1) is 5.10 Å². The van der Waals surface area contributed by atoms with Crippen LogP contribution in [0.3, 0.4) is 0 Å². The van der Waals surface area contributed by atoms with Gasteiger partial charge in [-0.2, -0.15) is 0 Å². The zero-order chi connectivity index (χ0) is 18.6. The standard InChI is InChI=1S/C19H18N4O4/c24-15(14-4-2-1-3-5-14)10-23-11-21-18(22-23)19(25)20-9-13-6-7-16-17(8-13)27-12-26-16/h1-8,11,15,24H,9-10,12H2,(H,20,25)/t15-/m1/s1. The van der Waals surface area contributed by atoms with Gasteiger partial charge in [0, 0.05) is 6.54 Å². The second kappa shape index (κ2) is 7.46. The highest BCUT2D eigenvalue weighted by atomic mass is 16.7. The molecule has 0 radical (unpaired) electrons. The highest BCUT2D eigenvalue weighted by Gasteiger charge is 2.16. The van der Waals surface area contributed by atoms with E-state index in [2.05, 4.69) is 15.4 Å². The molecular formula is C19H18N4O4. The predicted molar refractivity (Wildman–Crippen MR) is 95.2 cm³/mol. The number of hydrogen-bond donors (Lipinski definition) is 2. The number of rotatable bonds is 6. The lowest BCUT2D eigenvalue weighted by Gasteiger charge is -2.10. The van der Waals surface area contributed by atoms with Crippen LogP contribution in [-0.4, -0.2) is 32.6 Å². The summed E-state index contributed by atoms with van der Waals surface area (Å²) in [5.41, 5.74) is 1.66. The van der Waals surface area contributed by atoms with Gasteiger partial charge in [0.05, 0.1) is 12.6 Å². The Morgan fingerprint density at radius 3 is 2.85 bits per heavy atom. The van der Waals surface area contributed by atoms with Crippen LogP contribution in [0.1, 0.15) is 27.8 Å². The predicted octanol–water partition coefficient (Wildman–Crippen LogP) is 1.67. The van der Waals surface area contributed by atoms with E-state index in [0.717, 1.165) is 11.1 Å². The lowest BCUT2D eigenvalue weighted by atomic mass is 10.1. The molecule has 0 unspecified atom stereocenters. The molecule has 2 heterocycles. The van der Waals surface area contributed by atoms with Crippen LogP contribution in [0.2, 0.25) is 0 Å². The number of nitrogens with zero attached hydrogens (tertiary/aromatic N) is 3. The maximum atomic E-state index is 12.3. The largest absolute Gasteiger partial charge is 0.454 e. The lowest BCUT2D eigenvalue weighted by molar-refractivity contribution is 0.0938. The summed E-state index contributed by atoms with van der Waals surface area (Å²) in [4.78, 5) is 16.3. The molecule has 2 N–H and O–H groups in total. The summed E-state index contributed by atoms with van der Waals surface area (Å²) in [7, 11) is 0. The van der Waals surface area contributed by atoms with Gasteiger partial charge in [0.2, 0.25) is 12.6 Å². The number of amides is 1. The Labute approximate surface area is 155 Å². The van der Waals surface area contributed by atoms with Crippen molar-refractivity contribution in [3.8, 4) is 11.5 Å². The summed E-state index contributed by atoms with van der Waals surface area (Å²) in [5.74, 6) is 1.03. The molecule has 1 aliphatic rings. The quantitative estimate of drug-likeness (QED) is 0.689. The lowest BCUT2D eigenvalue weighted by Crippen LogP contribution is -2.24. The first kappa shape index (κ1) is 17.0. The molecule has 27 heavy (non-hydrogen) atoms. The summed E-state index contributed by atoms with van der Waals surface area (Å²) in [6.07, 6.45) is 0.708. The molecule has 1 amide bonds. The number of carbonyl (C=O) groups excluding carboxylic acids is 1. The van der Waals surface area contributed by atoms with E-state index < -0.39 is 6.10 Å². The molecule has 1 aliphatic heterocycles. The highest BCUT2D eigenvalue weighted by Crippen LogP contribution is 2.32. The van der Waals surface area contributed by atoms with Crippen molar-refractivity contribution in [1.29, 1.82) is 0 Å². The van der Waals surface area contributed by atoms with Crippen LogP contribution < -0.4 is 14.8 Å². The fraction of sp³-hybridized carbons (Fsp3) is 0.211. The van der Waals surface area contributed by atoms with Crippen molar-refractivity contribution in [2.75, 3.05) is 6.79 Å². The second-order valence-corrected chi connectivity index (χ2v) is 6.09. The van der Waals surface area contributed by atoms with E-state index in [-0.39, 0.29) is 25.1 Å². The van der Waals surface area contributed by atoms with E-state index >= 15 is 0 Å². The maximum absolute atomic E-state index is 12.3. The Hall–Kier alpha value is -3.39. The molecule has 138 valence electrons. The molecule has 8 heteroatoms. The van der Waals surface area contributed by atoms with Crippen molar-refractivity contribution >= 4 is 5.91 Å². The monoisotopic (exact) mass is 366 g/mol. The zero-order valence-corrected chi connectivity index (χ0v) is 14.4. The zero-order valence-electron chi connectivity index (χ0n) is 14.4. The molecule has 8 nitrogen and oxygen atoms in total. The third-order valence-corrected chi connectivity index (χ3v) is 4.17. The minimum atomic E-state index is -0.725. The molecule has 0 saturated carbocycles. The minimum absolute atomic E-state index is 0.0519. The van der Waals surface area contributed by atoms with Crippen molar-refractivity contribution in [2.24, 2.45) is 0 Å². The first-order valence-corrected chi connectivity index (χ1v) is 8.48. The fourth-order valence-electron chi connectivity index (χ4n) is 2.76. The van der Waals surface area contributed by atoms with Gasteiger partial charge in [-0.1, -0.05) is 36.4 Å². The number of ether oxygens (including phenoxy) is 2. The van der Waals surface area contributed by atoms with Gasteiger partial charge in [-0.05, 0) is 23.3 Å². The van der Waals surface area contributed by atoms with E-state index in [9.17, 15) is 9.90 Å². The number of fused-ring (bicyclic) bond motifs is 1. The Morgan fingerprint density at radius 1 is 1.19 bits per heavy atom. The molecular weight excluding hydrogens is 348 g/mol. The van der Waals surface area contributed by atoms with E-state index in [1.807, 2.05) is 48.5 Å². The summed E-state index contributed by atoms with van der Waals surface area (Å²) >= 11 is 0. The van der Waals surface area contributed by atoms with Crippen molar-refractivity contribution < 1.29 is 19.4 Å². The van der Waals surface area contributed by atoms with Crippen LogP contribution in [-0.2, 0) is 13.1 Å². The Morgan fingerprint density at radius 2 is 2.00 bits per heavy atom. The van der Waals surface area contributed by atoms with E-state index in [1.54, 1.807) is 0 Å². The Balaban J connectivity index is 1.34. The van der Waals surface area contributed by atoms with Gasteiger partial charge >= 0.3 is 0 Å². The van der Waals surface area contributed by atoms with Gasteiger partial charge in [0.1, 0.15) is 6.33 Å². The third kappa shape index (κ3) is 3.90. The Bertz CT molecular complexity index is 942. The average Bonchev–Trinajstić information content (AvgIpc) is 3.35. The van der Waals surface area contributed by atoms with Crippen LogP contribution in [0.5, 0.6) is 11.5 Å². The van der Waals surface area contributed by atoms with Crippen LogP contribution in [0, 0.1) is 0 Å². The smallest absolute Gasteiger partial charge is 0.291 e. The number of hydrogen-bond acceptors (Lipinski definition) is 6. The molecule has 3 aromatic rings. The summed E-state index contributed by atoms with van der Waals surface area (Å²) in [5, 5.41) is 17.1. The Kier molecular flexibility index (Phi) is 4.71. The van der Waals surface area contributed by atoms with Crippen LogP contribution in [0.4, 0.5) is 0 Å². The SMILES string of the molecule is O=C(NCc1ccc2c(c1)OCO2)c1ncn(C[C@@H](O)c2ccccc2)n1. The van der Waals surface area contributed by atoms with Gasteiger partial charge in [0.15, 0.2) is 11.5 Å². The molecule has 2 aromatic carbocycles. The summed E-state index contributed by atoms with van der Waals surface area (Å²) in [6, 6.07) is 14.8. The normalized spacial score (nSPS) is 13.4. The fourth-order valence-corrected chi connectivity index (χ4v) is 2.76. The maximum Gasteiger partial charge on any atom is 0.291 e. The minimum Gasteiger partial charge on any atom is -0.454 e. The third-order valence-electron chi connectivity index (χ3n) is 4.17. The van der Waals surface area contributed by atoms with Crippen molar-refractivity contribution in [3.05, 3.63) is 71.8 Å². The van der Waals surface area contributed by atoms with Gasteiger partial charge in [-0.25, -0.2) is 9.67 Å².